The van der Waals surface area contributed by atoms with E-state index in [0.717, 1.165) is 0 Å². The Labute approximate surface area is 116 Å². The van der Waals surface area contributed by atoms with Crippen LogP contribution in [0.1, 0.15) is 12.7 Å². The van der Waals surface area contributed by atoms with Crippen LogP contribution in [0.15, 0.2) is 36.7 Å². The minimum atomic E-state index is -0.603. The van der Waals surface area contributed by atoms with Gasteiger partial charge >= 0.3 is 0 Å². The lowest BCUT2D eigenvalue weighted by atomic mass is 10.3. The summed E-state index contributed by atoms with van der Waals surface area (Å²) in [6.07, 6.45) is 2.73. The molecule has 1 heterocycles. The second-order valence-corrected chi connectivity index (χ2v) is 4.41. The predicted octanol–water partition coefficient (Wildman–Crippen LogP) is 2.15. The van der Waals surface area contributed by atoms with Crippen molar-refractivity contribution >= 4 is 17.5 Å². The highest BCUT2D eigenvalue weighted by Gasteiger charge is 2.14. The predicted molar refractivity (Wildman–Crippen MR) is 72.0 cm³/mol. The van der Waals surface area contributed by atoms with Crippen LogP contribution in [0.5, 0.6) is 5.75 Å². The Balaban J connectivity index is 1.85. The molecule has 5 nitrogen and oxygen atoms in total. The van der Waals surface area contributed by atoms with Crippen molar-refractivity contribution in [2.45, 2.75) is 19.6 Å². The maximum Gasteiger partial charge on any atom is 0.261 e. The quantitative estimate of drug-likeness (QED) is 0.881. The van der Waals surface area contributed by atoms with Crippen LogP contribution < -0.4 is 10.1 Å². The number of aromatic amines is 1. The molecule has 2 aromatic rings. The second kappa shape index (κ2) is 6.24. The lowest BCUT2D eigenvalue weighted by molar-refractivity contribution is -0.127. The number of hydrogen-bond acceptors (Lipinski definition) is 3. The zero-order valence-corrected chi connectivity index (χ0v) is 11.1. The number of amides is 1. The summed E-state index contributed by atoms with van der Waals surface area (Å²) >= 11 is 5.84. The number of aromatic nitrogens is 2. The summed E-state index contributed by atoms with van der Waals surface area (Å²) in [6.45, 7) is 2.02. The fourth-order valence-electron chi connectivity index (χ4n) is 1.51. The number of halogens is 1. The van der Waals surface area contributed by atoms with E-state index >= 15 is 0 Å². The zero-order valence-electron chi connectivity index (χ0n) is 10.4. The van der Waals surface area contributed by atoms with Crippen LogP contribution >= 0.6 is 11.6 Å². The van der Waals surface area contributed by atoms with Crippen molar-refractivity contribution in [3.63, 3.8) is 0 Å². The van der Waals surface area contributed by atoms with Crippen LogP contribution in [0.3, 0.4) is 0 Å². The molecule has 100 valence electrons. The number of imidazole rings is 1. The largest absolute Gasteiger partial charge is 0.481 e. The Morgan fingerprint density at radius 3 is 3.11 bits per heavy atom. The first-order valence-electron chi connectivity index (χ1n) is 5.83. The van der Waals surface area contributed by atoms with E-state index in [1.54, 1.807) is 43.6 Å². The van der Waals surface area contributed by atoms with Crippen molar-refractivity contribution < 1.29 is 9.53 Å². The number of nitrogens with one attached hydrogen (secondary N) is 2. The molecule has 0 saturated carbocycles. The van der Waals surface area contributed by atoms with Crippen LogP contribution in [0, 0.1) is 0 Å². The fraction of sp³-hybridized carbons (Fsp3) is 0.231. The Hall–Kier alpha value is -2.01. The summed E-state index contributed by atoms with van der Waals surface area (Å²) in [7, 11) is 0. The molecule has 0 saturated heterocycles. The number of benzene rings is 1. The van der Waals surface area contributed by atoms with Gasteiger partial charge in [-0.3, -0.25) is 4.79 Å². The molecule has 19 heavy (non-hydrogen) atoms. The molecule has 1 atom stereocenters. The summed E-state index contributed by atoms with van der Waals surface area (Å²) in [5, 5.41) is 3.30. The van der Waals surface area contributed by atoms with Gasteiger partial charge in [0.15, 0.2) is 6.10 Å². The topological polar surface area (TPSA) is 67.0 Å². The van der Waals surface area contributed by atoms with E-state index in [4.69, 9.17) is 16.3 Å². The van der Waals surface area contributed by atoms with Crippen LogP contribution in [0.4, 0.5) is 0 Å². The monoisotopic (exact) mass is 279 g/mol. The van der Waals surface area contributed by atoms with Crippen LogP contribution in [-0.4, -0.2) is 22.0 Å². The highest BCUT2D eigenvalue weighted by Crippen LogP contribution is 2.18. The van der Waals surface area contributed by atoms with Gasteiger partial charge in [0, 0.05) is 17.4 Å². The summed E-state index contributed by atoms with van der Waals surface area (Å²) in [4.78, 5) is 18.7. The number of nitrogens with zero attached hydrogens (tertiary/aromatic N) is 1. The number of H-pyrrole nitrogens is 1. The van der Waals surface area contributed by atoms with E-state index in [-0.39, 0.29) is 5.91 Å². The van der Waals surface area contributed by atoms with Gasteiger partial charge in [-0.15, -0.1) is 0 Å². The molecular weight excluding hydrogens is 266 g/mol. The molecule has 2 rings (SSSR count). The first-order valence-corrected chi connectivity index (χ1v) is 6.21. The van der Waals surface area contributed by atoms with Gasteiger partial charge in [-0.05, 0) is 25.1 Å². The van der Waals surface area contributed by atoms with E-state index in [1.807, 2.05) is 0 Å². The highest BCUT2D eigenvalue weighted by molar-refractivity contribution is 6.30. The third-order valence-corrected chi connectivity index (χ3v) is 2.70. The SMILES string of the molecule is CC(Oc1cccc(Cl)c1)C(=O)NCc1ncc[nH]1. The van der Waals surface area contributed by atoms with Crippen LogP contribution in [0.2, 0.25) is 5.02 Å². The molecule has 0 fully saturated rings. The Morgan fingerprint density at radius 2 is 2.42 bits per heavy atom. The maximum atomic E-state index is 11.8. The van der Waals surface area contributed by atoms with E-state index in [9.17, 15) is 4.79 Å². The van der Waals surface area contributed by atoms with Crippen molar-refractivity contribution in [3.05, 3.63) is 47.5 Å². The third kappa shape index (κ3) is 3.99. The molecule has 0 aliphatic heterocycles. The zero-order chi connectivity index (χ0) is 13.7. The number of rotatable bonds is 5. The summed E-state index contributed by atoms with van der Waals surface area (Å²) in [6, 6.07) is 6.93. The number of carbonyl (C=O) groups excluding carboxylic acids is 1. The van der Waals surface area contributed by atoms with Gasteiger partial charge in [0.1, 0.15) is 11.6 Å². The van der Waals surface area contributed by atoms with Gasteiger partial charge in [0.2, 0.25) is 0 Å². The minimum Gasteiger partial charge on any atom is -0.481 e. The number of carbonyl (C=O) groups is 1. The molecule has 0 radical (unpaired) electrons. The lowest BCUT2D eigenvalue weighted by Crippen LogP contribution is -2.36. The summed E-state index contributed by atoms with van der Waals surface area (Å²) in [5.41, 5.74) is 0. The maximum absolute atomic E-state index is 11.8. The van der Waals surface area contributed by atoms with Gasteiger partial charge < -0.3 is 15.0 Å². The normalized spacial score (nSPS) is 11.9. The summed E-state index contributed by atoms with van der Waals surface area (Å²) < 4.78 is 5.50. The molecule has 1 aromatic carbocycles. The first-order chi connectivity index (χ1) is 9.15. The first kappa shape index (κ1) is 13.4. The number of hydrogen-bond donors (Lipinski definition) is 2. The molecule has 2 N–H and O–H groups in total. The Bertz CT molecular complexity index is 543. The molecule has 0 aliphatic carbocycles. The van der Waals surface area contributed by atoms with Gasteiger partial charge in [-0.2, -0.15) is 0 Å². The molecule has 1 unspecified atom stereocenters. The van der Waals surface area contributed by atoms with E-state index in [2.05, 4.69) is 15.3 Å². The molecule has 1 amide bonds. The minimum absolute atomic E-state index is 0.212. The molecule has 0 bridgehead atoms. The van der Waals surface area contributed by atoms with Crippen LogP contribution in [0.25, 0.3) is 0 Å². The van der Waals surface area contributed by atoms with Crippen molar-refractivity contribution in [2.24, 2.45) is 0 Å². The fourth-order valence-corrected chi connectivity index (χ4v) is 1.69. The van der Waals surface area contributed by atoms with Gasteiger partial charge in [-0.1, -0.05) is 17.7 Å². The second-order valence-electron chi connectivity index (χ2n) is 3.97. The number of ether oxygens (including phenoxy) is 1. The third-order valence-electron chi connectivity index (χ3n) is 2.46. The Kier molecular flexibility index (Phi) is 4.41. The van der Waals surface area contributed by atoms with Crippen LogP contribution in [-0.2, 0) is 11.3 Å². The van der Waals surface area contributed by atoms with Crippen molar-refractivity contribution in [3.8, 4) is 5.75 Å². The van der Waals surface area contributed by atoms with E-state index in [1.165, 1.54) is 0 Å². The average Bonchev–Trinajstić information content (AvgIpc) is 2.89. The van der Waals surface area contributed by atoms with E-state index < -0.39 is 6.10 Å². The lowest BCUT2D eigenvalue weighted by Gasteiger charge is -2.14. The molecular formula is C13H14ClN3O2. The van der Waals surface area contributed by atoms with Gasteiger partial charge in [0.25, 0.3) is 5.91 Å². The van der Waals surface area contributed by atoms with Crippen molar-refractivity contribution in [1.29, 1.82) is 0 Å². The molecule has 0 spiro atoms. The smallest absolute Gasteiger partial charge is 0.261 e. The standard InChI is InChI=1S/C13H14ClN3O2/c1-9(19-11-4-2-3-10(14)7-11)13(18)17-8-12-15-5-6-16-12/h2-7,9H,8H2,1H3,(H,15,16)(H,17,18). The average molecular weight is 280 g/mol. The van der Waals surface area contributed by atoms with Gasteiger partial charge in [0.05, 0.1) is 6.54 Å². The Morgan fingerprint density at radius 1 is 1.58 bits per heavy atom. The molecule has 1 aromatic heterocycles. The molecule has 6 heteroatoms. The highest BCUT2D eigenvalue weighted by atomic mass is 35.5. The van der Waals surface area contributed by atoms with E-state index in [0.29, 0.717) is 23.1 Å². The molecule has 0 aliphatic rings. The van der Waals surface area contributed by atoms with Crippen molar-refractivity contribution in [1.82, 2.24) is 15.3 Å². The summed E-state index contributed by atoms with van der Waals surface area (Å²) in [5.74, 6) is 1.05. The van der Waals surface area contributed by atoms with Gasteiger partial charge in [-0.25, -0.2) is 4.98 Å². The van der Waals surface area contributed by atoms with Crippen molar-refractivity contribution in [2.75, 3.05) is 0 Å².